The molecule has 0 aliphatic heterocycles. The largest absolute Gasteiger partial charge is 0.324 e. The third-order valence-electron chi connectivity index (χ3n) is 2.87. The molecule has 0 bridgehead atoms. The Morgan fingerprint density at radius 2 is 1.93 bits per heavy atom. The van der Waals surface area contributed by atoms with Crippen molar-refractivity contribution in [3.8, 4) is 0 Å². The summed E-state index contributed by atoms with van der Waals surface area (Å²) in [4.78, 5) is 0. The van der Waals surface area contributed by atoms with E-state index in [1.54, 1.807) is 0 Å². The molecule has 0 radical (unpaired) electrons. The second-order valence-corrected chi connectivity index (χ2v) is 5.37. The summed E-state index contributed by atoms with van der Waals surface area (Å²) in [6.45, 7) is 4.37. The molecule has 1 atom stereocenters. The minimum atomic E-state index is 0.102. The Morgan fingerprint density at radius 3 is 2.47 bits per heavy atom. The lowest BCUT2D eigenvalue weighted by Crippen LogP contribution is -2.21. The van der Waals surface area contributed by atoms with Crippen molar-refractivity contribution < 1.29 is 0 Å². The van der Waals surface area contributed by atoms with Crippen LogP contribution in [0.2, 0.25) is 5.02 Å². The van der Waals surface area contributed by atoms with E-state index in [1.165, 1.54) is 9.13 Å². The van der Waals surface area contributed by atoms with Gasteiger partial charge in [0.05, 0.1) is 0 Å². The summed E-state index contributed by atoms with van der Waals surface area (Å²) in [6, 6.07) is 6.03. The van der Waals surface area contributed by atoms with Gasteiger partial charge in [0.15, 0.2) is 0 Å². The molecule has 0 heterocycles. The van der Waals surface area contributed by atoms with E-state index in [9.17, 15) is 0 Å². The first-order valence-corrected chi connectivity index (χ1v) is 6.76. The molecule has 0 spiro atoms. The van der Waals surface area contributed by atoms with Gasteiger partial charge in [0.1, 0.15) is 0 Å². The topological polar surface area (TPSA) is 26.0 Å². The van der Waals surface area contributed by atoms with Crippen LogP contribution >= 0.6 is 34.2 Å². The van der Waals surface area contributed by atoms with E-state index in [0.717, 1.165) is 17.9 Å². The van der Waals surface area contributed by atoms with E-state index in [1.807, 2.05) is 18.2 Å². The van der Waals surface area contributed by atoms with Gasteiger partial charge in [0.2, 0.25) is 0 Å². The molecule has 0 aliphatic carbocycles. The Hall–Kier alpha value is 0.200. The molecule has 1 rings (SSSR count). The molecule has 1 aromatic rings. The summed E-state index contributed by atoms with van der Waals surface area (Å²) in [5.41, 5.74) is 7.44. The van der Waals surface area contributed by atoms with Crippen LogP contribution in [0.15, 0.2) is 18.2 Å². The van der Waals surface area contributed by atoms with Gasteiger partial charge in [0, 0.05) is 14.6 Å². The van der Waals surface area contributed by atoms with E-state index in [-0.39, 0.29) is 6.04 Å². The average Bonchev–Trinajstić information content (AvgIpc) is 2.23. The molecule has 84 valence electrons. The number of benzene rings is 1. The highest BCUT2D eigenvalue weighted by Crippen LogP contribution is 2.30. The standard InChI is InChI=1S/C12H17ClIN/c1-3-8(4-2)12(15)10-7-9(13)5-6-11(10)14/h5-8,12H,3-4,15H2,1-2H3. The summed E-state index contributed by atoms with van der Waals surface area (Å²) in [6.07, 6.45) is 2.22. The van der Waals surface area contributed by atoms with Crippen molar-refractivity contribution in [2.45, 2.75) is 32.7 Å². The maximum absolute atomic E-state index is 6.27. The first kappa shape index (κ1) is 13.3. The van der Waals surface area contributed by atoms with Gasteiger partial charge in [-0.3, -0.25) is 0 Å². The fraction of sp³-hybridized carbons (Fsp3) is 0.500. The van der Waals surface area contributed by atoms with E-state index >= 15 is 0 Å². The minimum absolute atomic E-state index is 0.102. The van der Waals surface area contributed by atoms with Gasteiger partial charge >= 0.3 is 0 Å². The lowest BCUT2D eigenvalue weighted by Gasteiger charge is -2.22. The third kappa shape index (κ3) is 3.33. The smallest absolute Gasteiger partial charge is 0.0410 e. The quantitative estimate of drug-likeness (QED) is 0.811. The Balaban J connectivity index is 2.98. The highest BCUT2D eigenvalue weighted by Gasteiger charge is 2.18. The number of rotatable bonds is 4. The van der Waals surface area contributed by atoms with Crippen molar-refractivity contribution in [3.05, 3.63) is 32.4 Å². The molecule has 1 unspecified atom stereocenters. The lowest BCUT2D eigenvalue weighted by molar-refractivity contribution is 0.404. The van der Waals surface area contributed by atoms with Gasteiger partial charge in [-0.05, 0) is 52.3 Å². The van der Waals surface area contributed by atoms with Gasteiger partial charge in [0.25, 0.3) is 0 Å². The summed E-state index contributed by atoms with van der Waals surface area (Å²) < 4.78 is 1.20. The van der Waals surface area contributed by atoms with Crippen LogP contribution in [-0.2, 0) is 0 Å². The van der Waals surface area contributed by atoms with Crippen LogP contribution < -0.4 is 5.73 Å². The molecule has 3 heteroatoms. The molecule has 0 saturated heterocycles. The summed E-state index contributed by atoms with van der Waals surface area (Å²) in [5.74, 6) is 0.539. The van der Waals surface area contributed by atoms with E-state index in [0.29, 0.717) is 5.92 Å². The van der Waals surface area contributed by atoms with Gasteiger partial charge < -0.3 is 5.73 Å². The zero-order valence-electron chi connectivity index (χ0n) is 9.13. The van der Waals surface area contributed by atoms with E-state index < -0.39 is 0 Å². The predicted molar refractivity (Wildman–Crippen MR) is 75.2 cm³/mol. The molecule has 1 aromatic carbocycles. The molecular formula is C12H17ClIN. The van der Waals surface area contributed by atoms with Crippen LogP contribution in [0, 0.1) is 9.49 Å². The number of hydrogen-bond donors (Lipinski definition) is 1. The van der Waals surface area contributed by atoms with Crippen LogP contribution in [0.1, 0.15) is 38.3 Å². The van der Waals surface area contributed by atoms with E-state index in [4.69, 9.17) is 17.3 Å². The SMILES string of the molecule is CCC(CC)C(N)c1cc(Cl)ccc1I. The Kier molecular flexibility index (Phi) is 5.36. The molecule has 1 nitrogen and oxygen atoms in total. The molecule has 0 amide bonds. The van der Waals surface area contributed by atoms with Gasteiger partial charge in [-0.25, -0.2) is 0 Å². The molecule has 0 saturated carbocycles. The predicted octanol–water partition coefficient (Wildman–Crippen LogP) is 4.38. The fourth-order valence-electron chi connectivity index (χ4n) is 1.82. The molecule has 15 heavy (non-hydrogen) atoms. The highest BCUT2D eigenvalue weighted by molar-refractivity contribution is 14.1. The normalized spacial score (nSPS) is 13.2. The van der Waals surface area contributed by atoms with Crippen molar-refractivity contribution in [1.82, 2.24) is 0 Å². The van der Waals surface area contributed by atoms with Crippen LogP contribution in [0.3, 0.4) is 0 Å². The van der Waals surface area contributed by atoms with Crippen molar-refractivity contribution in [3.63, 3.8) is 0 Å². The first-order chi connectivity index (χ1) is 7.10. The maximum Gasteiger partial charge on any atom is 0.0410 e. The van der Waals surface area contributed by atoms with Crippen LogP contribution in [0.4, 0.5) is 0 Å². The van der Waals surface area contributed by atoms with Crippen LogP contribution in [-0.4, -0.2) is 0 Å². The lowest BCUT2D eigenvalue weighted by atomic mass is 9.90. The van der Waals surface area contributed by atoms with Gasteiger partial charge in [-0.1, -0.05) is 38.3 Å². The number of halogens is 2. The van der Waals surface area contributed by atoms with Gasteiger partial charge in [-0.15, -0.1) is 0 Å². The van der Waals surface area contributed by atoms with Crippen molar-refractivity contribution in [2.24, 2.45) is 11.7 Å². The molecule has 0 fully saturated rings. The van der Waals surface area contributed by atoms with Crippen LogP contribution in [0.5, 0.6) is 0 Å². The second kappa shape index (κ2) is 6.06. The zero-order valence-corrected chi connectivity index (χ0v) is 12.0. The molecule has 0 aromatic heterocycles. The molecule has 0 aliphatic rings. The van der Waals surface area contributed by atoms with Crippen molar-refractivity contribution >= 4 is 34.2 Å². The fourth-order valence-corrected chi connectivity index (χ4v) is 2.70. The van der Waals surface area contributed by atoms with Gasteiger partial charge in [-0.2, -0.15) is 0 Å². The molecular weight excluding hydrogens is 320 g/mol. The third-order valence-corrected chi connectivity index (χ3v) is 4.09. The molecule has 2 N–H and O–H groups in total. The summed E-state index contributed by atoms with van der Waals surface area (Å²) >= 11 is 8.31. The first-order valence-electron chi connectivity index (χ1n) is 5.30. The second-order valence-electron chi connectivity index (χ2n) is 3.77. The van der Waals surface area contributed by atoms with Crippen molar-refractivity contribution in [1.29, 1.82) is 0 Å². The monoisotopic (exact) mass is 337 g/mol. The Labute approximate surface area is 111 Å². The Bertz CT molecular complexity index is 323. The highest BCUT2D eigenvalue weighted by atomic mass is 127. The van der Waals surface area contributed by atoms with Crippen LogP contribution in [0.25, 0.3) is 0 Å². The average molecular weight is 338 g/mol. The maximum atomic E-state index is 6.27. The number of nitrogens with two attached hydrogens (primary N) is 1. The zero-order chi connectivity index (χ0) is 11.4. The summed E-state index contributed by atoms with van der Waals surface area (Å²) in [5, 5.41) is 0.770. The number of hydrogen-bond acceptors (Lipinski definition) is 1. The Morgan fingerprint density at radius 1 is 1.33 bits per heavy atom. The summed E-state index contributed by atoms with van der Waals surface area (Å²) in [7, 11) is 0. The minimum Gasteiger partial charge on any atom is -0.324 e. The van der Waals surface area contributed by atoms with Crippen molar-refractivity contribution in [2.75, 3.05) is 0 Å². The van der Waals surface area contributed by atoms with E-state index in [2.05, 4.69) is 36.4 Å².